The molecule has 0 aliphatic carbocycles. The maximum Gasteiger partial charge on any atom is 0.234 e. The van der Waals surface area contributed by atoms with Crippen LogP contribution in [0.15, 0.2) is 84.9 Å². The lowest BCUT2D eigenvalue weighted by atomic mass is 9.83. The molecule has 25 heavy (non-hydrogen) atoms. The molecule has 0 fully saturated rings. The van der Waals surface area contributed by atoms with Gasteiger partial charge in [0.05, 0.1) is 5.41 Å². The topological polar surface area (TPSA) is 29.1 Å². The van der Waals surface area contributed by atoms with Crippen LogP contribution in [0.25, 0.3) is 0 Å². The van der Waals surface area contributed by atoms with Crippen LogP contribution in [0.4, 0.5) is 5.69 Å². The van der Waals surface area contributed by atoms with E-state index in [9.17, 15) is 4.79 Å². The van der Waals surface area contributed by atoms with E-state index in [1.54, 1.807) is 0 Å². The Bertz CT molecular complexity index is 838. The number of carbonyl (C=O) groups is 1. The minimum absolute atomic E-state index is 0.000730. The zero-order valence-electron chi connectivity index (χ0n) is 14.7. The maximum absolute atomic E-state index is 12.9. The Labute approximate surface area is 149 Å². The molecule has 2 nitrogen and oxygen atoms in total. The van der Waals surface area contributed by atoms with Gasteiger partial charge >= 0.3 is 0 Å². The summed E-state index contributed by atoms with van der Waals surface area (Å²) in [6, 6.07) is 28.2. The molecule has 126 valence electrons. The third kappa shape index (κ3) is 3.97. The number of hydrogen-bond acceptors (Lipinski definition) is 1. The highest BCUT2D eigenvalue weighted by Crippen LogP contribution is 2.26. The fourth-order valence-corrected chi connectivity index (χ4v) is 2.88. The van der Waals surface area contributed by atoms with E-state index >= 15 is 0 Å². The molecule has 0 aliphatic heterocycles. The lowest BCUT2D eigenvalue weighted by Gasteiger charge is -2.25. The molecule has 0 heterocycles. The molecule has 0 atom stereocenters. The minimum Gasteiger partial charge on any atom is -0.325 e. The second-order valence-corrected chi connectivity index (χ2v) is 6.76. The Kier molecular flexibility index (Phi) is 4.99. The zero-order chi connectivity index (χ0) is 17.7. The van der Waals surface area contributed by atoms with Crippen LogP contribution >= 0.6 is 0 Å². The van der Waals surface area contributed by atoms with Crippen LogP contribution < -0.4 is 5.32 Å². The average Bonchev–Trinajstić information content (AvgIpc) is 2.65. The molecule has 0 aliphatic rings. The third-order valence-corrected chi connectivity index (χ3v) is 4.57. The SMILES string of the molecule is CC(C)(C(=O)Nc1ccccc1Cc1ccccc1)c1ccccc1. The second-order valence-electron chi connectivity index (χ2n) is 6.76. The summed E-state index contributed by atoms with van der Waals surface area (Å²) in [6.45, 7) is 3.91. The van der Waals surface area contributed by atoms with Gasteiger partial charge in [-0.2, -0.15) is 0 Å². The number of benzene rings is 3. The molecular weight excluding hydrogens is 306 g/mol. The Morgan fingerprint density at radius 2 is 1.36 bits per heavy atom. The summed E-state index contributed by atoms with van der Waals surface area (Å²) in [5.74, 6) is -0.000730. The van der Waals surface area contributed by atoms with Crippen LogP contribution in [0.1, 0.15) is 30.5 Å². The van der Waals surface area contributed by atoms with Gasteiger partial charge in [-0.3, -0.25) is 4.79 Å². The van der Waals surface area contributed by atoms with E-state index in [0.717, 1.165) is 23.2 Å². The van der Waals surface area contributed by atoms with Gasteiger partial charge in [-0.1, -0.05) is 78.9 Å². The molecule has 0 aromatic heterocycles. The summed E-state index contributed by atoms with van der Waals surface area (Å²) in [6.07, 6.45) is 0.795. The van der Waals surface area contributed by atoms with Crippen LogP contribution in [0.3, 0.4) is 0 Å². The van der Waals surface area contributed by atoms with E-state index in [0.29, 0.717) is 0 Å². The molecule has 0 spiro atoms. The van der Waals surface area contributed by atoms with Crippen molar-refractivity contribution < 1.29 is 4.79 Å². The number of amides is 1. The fraction of sp³-hybridized carbons (Fsp3) is 0.174. The van der Waals surface area contributed by atoms with Gasteiger partial charge < -0.3 is 5.32 Å². The number of nitrogens with one attached hydrogen (secondary N) is 1. The molecule has 1 N–H and O–H groups in total. The lowest BCUT2D eigenvalue weighted by Crippen LogP contribution is -2.35. The molecule has 3 aromatic carbocycles. The Hall–Kier alpha value is -2.87. The second kappa shape index (κ2) is 7.35. The van der Waals surface area contributed by atoms with E-state index in [4.69, 9.17) is 0 Å². The first-order valence-electron chi connectivity index (χ1n) is 8.56. The zero-order valence-corrected chi connectivity index (χ0v) is 14.7. The number of para-hydroxylation sites is 1. The van der Waals surface area contributed by atoms with E-state index in [2.05, 4.69) is 23.5 Å². The van der Waals surface area contributed by atoms with E-state index in [1.807, 2.05) is 80.6 Å². The van der Waals surface area contributed by atoms with E-state index in [1.165, 1.54) is 5.56 Å². The van der Waals surface area contributed by atoms with Gasteiger partial charge in [-0.25, -0.2) is 0 Å². The van der Waals surface area contributed by atoms with Gasteiger partial charge in [0, 0.05) is 5.69 Å². The first-order chi connectivity index (χ1) is 12.1. The minimum atomic E-state index is -0.596. The highest BCUT2D eigenvalue weighted by Gasteiger charge is 2.29. The van der Waals surface area contributed by atoms with Gasteiger partial charge in [0.25, 0.3) is 0 Å². The van der Waals surface area contributed by atoms with Crippen molar-refractivity contribution in [2.75, 3.05) is 5.32 Å². The van der Waals surface area contributed by atoms with Crippen molar-refractivity contribution >= 4 is 11.6 Å². The summed E-state index contributed by atoms with van der Waals surface area (Å²) in [5, 5.41) is 3.13. The quantitative estimate of drug-likeness (QED) is 0.685. The smallest absolute Gasteiger partial charge is 0.234 e. The van der Waals surface area contributed by atoms with Gasteiger partial charge in [0.1, 0.15) is 0 Å². The molecule has 2 heteroatoms. The molecule has 0 saturated heterocycles. The summed E-state index contributed by atoms with van der Waals surface area (Å²) < 4.78 is 0. The molecule has 0 saturated carbocycles. The van der Waals surface area contributed by atoms with Crippen molar-refractivity contribution in [3.05, 3.63) is 102 Å². The van der Waals surface area contributed by atoms with Crippen molar-refractivity contribution in [2.24, 2.45) is 0 Å². The fourth-order valence-electron chi connectivity index (χ4n) is 2.88. The van der Waals surface area contributed by atoms with Gasteiger partial charge in [-0.05, 0) is 43.0 Å². The van der Waals surface area contributed by atoms with Crippen LogP contribution in [-0.4, -0.2) is 5.91 Å². The van der Waals surface area contributed by atoms with E-state index < -0.39 is 5.41 Å². The Balaban J connectivity index is 1.82. The standard InChI is InChI=1S/C23H23NO/c1-23(2,20-14-7-4-8-15-20)22(25)24-21-16-10-9-13-19(21)17-18-11-5-3-6-12-18/h3-16H,17H2,1-2H3,(H,24,25). The van der Waals surface area contributed by atoms with Crippen molar-refractivity contribution in [3.8, 4) is 0 Å². The van der Waals surface area contributed by atoms with Crippen molar-refractivity contribution in [3.63, 3.8) is 0 Å². The van der Waals surface area contributed by atoms with Gasteiger partial charge in [0.2, 0.25) is 5.91 Å². The molecule has 0 bridgehead atoms. The predicted octanol–water partition coefficient (Wildman–Crippen LogP) is 5.19. The predicted molar refractivity (Wildman–Crippen MR) is 104 cm³/mol. The van der Waals surface area contributed by atoms with E-state index in [-0.39, 0.29) is 5.91 Å². The third-order valence-electron chi connectivity index (χ3n) is 4.57. The summed E-state index contributed by atoms with van der Waals surface area (Å²) in [4.78, 5) is 12.9. The van der Waals surface area contributed by atoms with Crippen molar-refractivity contribution in [2.45, 2.75) is 25.7 Å². The van der Waals surface area contributed by atoms with Crippen molar-refractivity contribution in [1.82, 2.24) is 0 Å². The summed E-state index contributed by atoms with van der Waals surface area (Å²) >= 11 is 0. The molecule has 3 rings (SSSR count). The normalized spacial score (nSPS) is 11.1. The average molecular weight is 329 g/mol. The number of hydrogen-bond donors (Lipinski definition) is 1. The molecule has 1 amide bonds. The summed E-state index contributed by atoms with van der Waals surface area (Å²) in [7, 11) is 0. The molecular formula is C23H23NO. The van der Waals surface area contributed by atoms with Crippen LogP contribution in [0.2, 0.25) is 0 Å². The maximum atomic E-state index is 12.9. The largest absolute Gasteiger partial charge is 0.325 e. The van der Waals surface area contributed by atoms with Crippen LogP contribution in [0.5, 0.6) is 0 Å². The molecule has 0 unspecified atom stereocenters. The van der Waals surface area contributed by atoms with Crippen LogP contribution in [-0.2, 0) is 16.6 Å². The molecule has 0 radical (unpaired) electrons. The number of carbonyl (C=O) groups excluding carboxylic acids is 1. The first-order valence-corrected chi connectivity index (χ1v) is 8.56. The lowest BCUT2D eigenvalue weighted by molar-refractivity contribution is -0.120. The van der Waals surface area contributed by atoms with Gasteiger partial charge in [0.15, 0.2) is 0 Å². The van der Waals surface area contributed by atoms with Gasteiger partial charge in [-0.15, -0.1) is 0 Å². The highest BCUT2D eigenvalue weighted by molar-refractivity contribution is 5.99. The number of anilines is 1. The highest BCUT2D eigenvalue weighted by atomic mass is 16.2. The summed E-state index contributed by atoms with van der Waals surface area (Å²) in [5.41, 5.74) is 3.63. The first kappa shape index (κ1) is 17.0. The molecule has 3 aromatic rings. The number of rotatable bonds is 5. The Morgan fingerprint density at radius 3 is 2.04 bits per heavy atom. The van der Waals surface area contributed by atoms with Crippen LogP contribution in [0, 0.1) is 0 Å². The van der Waals surface area contributed by atoms with Crippen molar-refractivity contribution in [1.29, 1.82) is 0 Å². The Morgan fingerprint density at radius 1 is 0.800 bits per heavy atom. The monoisotopic (exact) mass is 329 g/mol.